The molecule has 154 valence electrons. The van der Waals surface area contributed by atoms with E-state index in [4.69, 9.17) is 16.3 Å². The second-order valence-electron chi connectivity index (χ2n) is 6.67. The van der Waals surface area contributed by atoms with Crippen LogP contribution in [0.25, 0.3) is 11.2 Å². The molecule has 0 unspecified atom stereocenters. The van der Waals surface area contributed by atoms with Crippen molar-refractivity contribution < 1.29 is 9.53 Å². The molecule has 8 nitrogen and oxygen atoms in total. The molecule has 0 spiro atoms. The minimum absolute atomic E-state index is 0.0870. The van der Waals surface area contributed by atoms with Crippen molar-refractivity contribution in [3.63, 3.8) is 0 Å². The molecule has 0 amide bonds. The summed E-state index contributed by atoms with van der Waals surface area (Å²) in [6.45, 7) is 4.70. The zero-order chi connectivity index (χ0) is 21.0. The number of carbonyl (C=O) groups is 1. The van der Waals surface area contributed by atoms with Gasteiger partial charge in [-0.2, -0.15) is 0 Å². The molecule has 29 heavy (non-hydrogen) atoms. The first-order chi connectivity index (χ1) is 13.9. The van der Waals surface area contributed by atoms with Crippen molar-refractivity contribution in [1.82, 2.24) is 19.1 Å². The van der Waals surface area contributed by atoms with Crippen molar-refractivity contribution in [2.24, 2.45) is 0 Å². The lowest BCUT2D eigenvalue weighted by Crippen LogP contribution is -2.31. The molecule has 3 aromatic rings. The van der Waals surface area contributed by atoms with E-state index in [2.05, 4.69) is 9.97 Å². The van der Waals surface area contributed by atoms with Gasteiger partial charge in [0.1, 0.15) is 12.4 Å². The van der Waals surface area contributed by atoms with Crippen molar-refractivity contribution >= 4 is 28.7 Å². The molecule has 0 aliphatic rings. The molecule has 0 aliphatic heterocycles. The van der Waals surface area contributed by atoms with E-state index < -0.39 is 17.2 Å². The molecule has 3 rings (SSSR count). The number of ether oxygens (including phenoxy) is 1. The van der Waals surface area contributed by atoms with Crippen molar-refractivity contribution in [2.75, 3.05) is 0 Å². The van der Waals surface area contributed by atoms with Crippen LogP contribution in [-0.2, 0) is 35.6 Å². The summed E-state index contributed by atoms with van der Waals surface area (Å²) >= 11 is 5.85. The Labute approximate surface area is 172 Å². The molecular formula is C20H23ClN4O4. The summed E-state index contributed by atoms with van der Waals surface area (Å²) in [5, 5.41) is 0.595. The molecule has 0 radical (unpaired) electrons. The zero-order valence-corrected chi connectivity index (χ0v) is 17.2. The smallest absolute Gasteiger partial charge is 0.330 e. The van der Waals surface area contributed by atoms with Crippen LogP contribution < -0.4 is 11.2 Å². The van der Waals surface area contributed by atoms with Crippen LogP contribution in [0.3, 0.4) is 0 Å². The van der Waals surface area contributed by atoms with Gasteiger partial charge in [-0.3, -0.25) is 19.1 Å². The van der Waals surface area contributed by atoms with Gasteiger partial charge in [0.2, 0.25) is 0 Å². The number of halogens is 1. The summed E-state index contributed by atoms with van der Waals surface area (Å²) in [6, 6.07) is 6.94. The van der Waals surface area contributed by atoms with Crippen molar-refractivity contribution in [3.8, 4) is 0 Å². The quantitative estimate of drug-likeness (QED) is 0.567. The third-order valence-electron chi connectivity index (χ3n) is 4.64. The maximum atomic E-state index is 12.4. The highest BCUT2D eigenvalue weighted by Crippen LogP contribution is 2.14. The van der Waals surface area contributed by atoms with Crippen LogP contribution in [0.2, 0.25) is 5.02 Å². The number of nitrogens with one attached hydrogen (secondary N) is 1. The minimum atomic E-state index is -0.495. The number of fused-ring (bicyclic) bond motifs is 1. The zero-order valence-electron chi connectivity index (χ0n) is 16.4. The average Bonchev–Trinajstić information content (AvgIpc) is 3.07. The number of imidazole rings is 1. The molecule has 0 saturated carbocycles. The molecule has 2 heterocycles. The Hall–Kier alpha value is -2.87. The van der Waals surface area contributed by atoms with Crippen LogP contribution in [-0.4, -0.2) is 25.1 Å². The van der Waals surface area contributed by atoms with E-state index in [9.17, 15) is 14.4 Å². The summed E-state index contributed by atoms with van der Waals surface area (Å²) < 4.78 is 8.51. The first-order valence-corrected chi connectivity index (χ1v) is 9.94. The Bertz CT molecular complexity index is 1130. The molecular weight excluding hydrogens is 396 g/mol. The van der Waals surface area contributed by atoms with Crippen molar-refractivity contribution in [3.05, 3.63) is 61.5 Å². The molecule has 0 bridgehead atoms. The average molecular weight is 419 g/mol. The Kier molecular flexibility index (Phi) is 6.53. The fourth-order valence-corrected chi connectivity index (χ4v) is 3.28. The number of hydrogen-bond acceptors (Lipinski definition) is 5. The SMILES string of the molecule is CCCCn1c(=O)[nH]c(=O)c2c1nc(COC(=O)Cc1ccc(Cl)cc1)n2CC. The molecule has 1 aromatic carbocycles. The summed E-state index contributed by atoms with van der Waals surface area (Å²) in [5.41, 5.74) is 0.437. The third-order valence-corrected chi connectivity index (χ3v) is 4.89. The first kappa shape index (κ1) is 20.9. The maximum Gasteiger partial charge on any atom is 0.330 e. The Balaban J connectivity index is 1.86. The van der Waals surface area contributed by atoms with Crippen LogP contribution in [0.4, 0.5) is 0 Å². The highest BCUT2D eigenvalue weighted by molar-refractivity contribution is 6.30. The van der Waals surface area contributed by atoms with E-state index >= 15 is 0 Å². The van der Waals surface area contributed by atoms with Crippen LogP contribution in [0.1, 0.15) is 38.1 Å². The summed E-state index contributed by atoms with van der Waals surface area (Å²) in [4.78, 5) is 43.6. The van der Waals surface area contributed by atoms with Gasteiger partial charge < -0.3 is 9.30 Å². The first-order valence-electron chi connectivity index (χ1n) is 9.56. The van der Waals surface area contributed by atoms with Crippen LogP contribution >= 0.6 is 11.6 Å². The molecule has 0 saturated heterocycles. The number of aromatic amines is 1. The van der Waals surface area contributed by atoms with Crippen LogP contribution in [0, 0.1) is 0 Å². The van der Waals surface area contributed by atoms with E-state index in [1.807, 2.05) is 13.8 Å². The Morgan fingerprint density at radius 3 is 2.55 bits per heavy atom. The van der Waals surface area contributed by atoms with Gasteiger partial charge in [0, 0.05) is 18.1 Å². The van der Waals surface area contributed by atoms with Gasteiger partial charge in [-0.15, -0.1) is 0 Å². The second-order valence-corrected chi connectivity index (χ2v) is 7.11. The number of hydrogen-bond donors (Lipinski definition) is 1. The molecule has 0 atom stereocenters. The van der Waals surface area contributed by atoms with E-state index in [0.717, 1.165) is 18.4 Å². The lowest BCUT2D eigenvalue weighted by Gasteiger charge is -2.07. The summed E-state index contributed by atoms with van der Waals surface area (Å²) in [5.74, 6) is 0.00705. The number of nitrogens with zero attached hydrogens (tertiary/aromatic N) is 3. The van der Waals surface area contributed by atoms with E-state index in [1.165, 1.54) is 4.57 Å². The van der Waals surface area contributed by atoms with Crippen molar-refractivity contribution in [1.29, 1.82) is 0 Å². The lowest BCUT2D eigenvalue weighted by atomic mass is 10.1. The van der Waals surface area contributed by atoms with Gasteiger partial charge in [-0.05, 0) is 31.0 Å². The van der Waals surface area contributed by atoms with Gasteiger partial charge in [-0.1, -0.05) is 37.1 Å². The number of carbonyl (C=O) groups excluding carboxylic acids is 1. The fourth-order valence-electron chi connectivity index (χ4n) is 3.16. The molecule has 1 N–H and O–H groups in total. The normalized spacial score (nSPS) is 11.1. The standard InChI is InChI=1S/C20H23ClN4O4/c1-3-5-10-25-18-17(19(27)23-20(25)28)24(4-2)15(22-18)12-29-16(26)11-13-6-8-14(21)9-7-13/h6-9H,3-5,10-12H2,1-2H3,(H,23,27,28). The van der Waals surface area contributed by atoms with Crippen LogP contribution in [0.15, 0.2) is 33.9 Å². The highest BCUT2D eigenvalue weighted by atomic mass is 35.5. The molecule has 2 aromatic heterocycles. The predicted molar refractivity (Wildman–Crippen MR) is 110 cm³/mol. The number of benzene rings is 1. The summed E-state index contributed by atoms with van der Waals surface area (Å²) in [7, 11) is 0. The van der Waals surface area contributed by atoms with E-state index in [0.29, 0.717) is 35.1 Å². The largest absolute Gasteiger partial charge is 0.457 e. The Morgan fingerprint density at radius 1 is 1.17 bits per heavy atom. The fraction of sp³-hybridized carbons (Fsp3) is 0.400. The van der Waals surface area contributed by atoms with E-state index in [-0.39, 0.29) is 13.0 Å². The maximum absolute atomic E-state index is 12.4. The summed E-state index contributed by atoms with van der Waals surface area (Å²) in [6.07, 6.45) is 1.79. The lowest BCUT2D eigenvalue weighted by molar-refractivity contribution is -0.144. The van der Waals surface area contributed by atoms with E-state index in [1.54, 1.807) is 28.8 Å². The highest BCUT2D eigenvalue weighted by Gasteiger charge is 2.18. The van der Waals surface area contributed by atoms with Gasteiger partial charge >= 0.3 is 11.7 Å². The van der Waals surface area contributed by atoms with Crippen molar-refractivity contribution in [2.45, 2.75) is 52.8 Å². The van der Waals surface area contributed by atoms with Gasteiger partial charge in [0.05, 0.1) is 6.42 Å². The number of aryl methyl sites for hydroxylation is 2. The Morgan fingerprint density at radius 2 is 1.90 bits per heavy atom. The van der Waals surface area contributed by atoms with Gasteiger partial charge in [0.25, 0.3) is 5.56 Å². The topological polar surface area (TPSA) is 99.0 Å². The number of esters is 1. The number of H-pyrrole nitrogens is 1. The molecule has 9 heteroatoms. The third kappa shape index (κ3) is 4.59. The van der Waals surface area contributed by atoms with Gasteiger partial charge in [0.15, 0.2) is 11.2 Å². The number of aromatic nitrogens is 4. The minimum Gasteiger partial charge on any atom is -0.457 e. The molecule has 0 fully saturated rings. The second kappa shape index (κ2) is 9.09. The number of unbranched alkanes of at least 4 members (excludes halogenated alkanes) is 1. The monoisotopic (exact) mass is 418 g/mol. The number of rotatable bonds is 8. The molecule has 0 aliphatic carbocycles. The van der Waals surface area contributed by atoms with Gasteiger partial charge in [-0.25, -0.2) is 9.78 Å². The predicted octanol–water partition coefficient (Wildman–Crippen LogP) is 2.65. The van der Waals surface area contributed by atoms with Crippen LogP contribution in [0.5, 0.6) is 0 Å².